The summed E-state index contributed by atoms with van der Waals surface area (Å²) in [5.74, 6) is -0.435. The van der Waals surface area contributed by atoms with Crippen molar-refractivity contribution in [2.45, 2.75) is 0 Å². The second-order valence-corrected chi connectivity index (χ2v) is 6.19. The van der Waals surface area contributed by atoms with Crippen LogP contribution in [0, 0.1) is 0 Å². The number of aromatic hydroxyl groups is 1. The molecule has 0 unspecified atom stereocenters. The molecule has 0 aliphatic carbocycles. The van der Waals surface area contributed by atoms with Crippen molar-refractivity contribution in [3.8, 4) is 5.75 Å². The average Bonchev–Trinajstić information content (AvgIpc) is 2.75. The number of anilines is 1. The molecule has 0 aliphatic rings. The van der Waals surface area contributed by atoms with Gasteiger partial charge in [0, 0.05) is 5.56 Å². The lowest BCUT2D eigenvalue weighted by atomic mass is 10.1. The van der Waals surface area contributed by atoms with Gasteiger partial charge in [-0.2, -0.15) is 5.01 Å². The third-order valence-corrected chi connectivity index (χ3v) is 4.30. The summed E-state index contributed by atoms with van der Waals surface area (Å²) < 4.78 is 0. The summed E-state index contributed by atoms with van der Waals surface area (Å²) in [5.41, 5.74) is 1.32. The van der Waals surface area contributed by atoms with Crippen molar-refractivity contribution < 1.29 is 9.90 Å². The second kappa shape index (κ2) is 7.72. The lowest BCUT2D eigenvalue weighted by molar-refractivity contribution is 0.0985. The number of rotatable bonds is 4. The minimum Gasteiger partial charge on any atom is -0.506 e. The van der Waals surface area contributed by atoms with Crippen molar-refractivity contribution in [2.24, 2.45) is 10.3 Å². The first-order chi connectivity index (χ1) is 13.7. The van der Waals surface area contributed by atoms with Crippen molar-refractivity contribution in [1.29, 1.82) is 0 Å². The van der Waals surface area contributed by atoms with Crippen LogP contribution in [0.5, 0.6) is 5.75 Å². The quantitative estimate of drug-likeness (QED) is 0.361. The molecule has 0 fully saturated rings. The van der Waals surface area contributed by atoms with E-state index in [4.69, 9.17) is 0 Å². The SMILES string of the molecule is O=C(c1ccc2ccccc2c1)N(N=Nc1ccccc1)c1ccccc1O. The molecule has 0 aromatic heterocycles. The number of hydrogen-bond acceptors (Lipinski definition) is 4. The highest BCUT2D eigenvalue weighted by Crippen LogP contribution is 2.29. The predicted molar refractivity (Wildman–Crippen MR) is 110 cm³/mol. The van der Waals surface area contributed by atoms with Crippen LogP contribution >= 0.6 is 0 Å². The Hall–Kier alpha value is -3.99. The Kier molecular flexibility index (Phi) is 4.80. The van der Waals surface area contributed by atoms with Crippen molar-refractivity contribution in [3.05, 3.63) is 103 Å². The largest absolute Gasteiger partial charge is 0.506 e. The molecular formula is C23H17N3O2. The van der Waals surface area contributed by atoms with Crippen molar-refractivity contribution in [2.75, 3.05) is 5.01 Å². The number of benzene rings is 4. The van der Waals surface area contributed by atoms with Crippen LogP contribution < -0.4 is 5.01 Å². The van der Waals surface area contributed by atoms with Gasteiger partial charge in [0.2, 0.25) is 0 Å². The van der Waals surface area contributed by atoms with E-state index < -0.39 is 0 Å². The first-order valence-electron chi connectivity index (χ1n) is 8.80. The van der Waals surface area contributed by atoms with Crippen molar-refractivity contribution in [1.82, 2.24) is 0 Å². The maximum Gasteiger partial charge on any atom is 0.280 e. The topological polar surface area (TPSA) is 65.3 Å². The van der Waals surface area contributed by atoms with Crippen LogP contribution in [0.3, 0.4) is 0 Å². The molecule has 4 rings (SSSR count). The summed E-state index contributed by atoms with van der Waals surface area (Å²) in [5, 5.41) is 21.6. The summed E-state index contributed by atoms with van der Waals surface area (Å²) in [6.07, 6.45) is 0. The van der Waals surface area contributed by atoms with Crippen LogP contribution in [0.25, 0.3) is 10.8 Å². The van der Waals surface area contributed by atoms with Crippen LogP contribution in [0.1, 0.15) is 10.4 Å². The first-order valence-corrected chi connectivity index (χ1v) is 8.80. The van der Waals surface area contributed by atoms with Gasteiger partial charge in [-0.1, -0.05) is 65.9 Å². The Labute approximate surface area is 162 Å². The van der Waals surface area contributed by atoms with E-state index in [9.17, 15) is 9.90 Å². The van der Waals surface area contributed by atoms with E-state index in [1.54, 1.807) is 36.4 Å². The fourth-order valence-corrected chi connectivity index (χ4v) is 2.88. The number of phenols is 1. The Morgan fingerprint density at radius 2 is 1.43 bits per heavy atom. The Bertz CT molecular complexity index is 1160. The van der Waals surface area contributed by atoms with E-state index >= 15 is 0 Å². The predicted octanol–water partition coefficient (Wildman–Crippen LogP) is 5.89. The molecule has 4 aromatic carbocycles. The van der Waals surface area contributed by atoms with E-state index in [1.807, 2.05) is 54.6 Å². The molecule has 0 saturated carbocycles. The Morgan fingerprint density at radius 1 is 0.750 bits per heavy atom. The smallest absolute Gasteiger partial charge is 0.280 e. The van der Waals surface area contributed by atoms with E-state index in [0.29, 0.717) is 11.3 Å². The second-order valence-electron chi connectivity index (χ2n) is 6.19. The molecule has 4 aromatic rings. The standard InChI is InChI=1S/C23H17N3O2/c27-22-13-7-6-12-21(22)26(25-24-20-10-2-1-3-11-20)23(28)19-15-14-17-8-4-5-9-18(17)16-19/h1-16,27H. The van der Waals surface area contributed by atoms with Crippen LogP contribution in [-0.2, 0) is 0 Å². The lowest BCUT2D eigenvalue weighted by Crippen LogP contribution is -2.25. The minimum atomic E-state index is -0.382. The monoisotopic (exact) mass is 367 g/mol. The van der Waals surface area contributed by atoms with Gasteiger partial charge < -0.3 is 5.11 Å². The molecule has 0 heterocycles. The number of carbonyl (C=O) groups is 1. The molecule has 0 bridgehead atoms. The summed E-state index contributed by atoms with van der Waals surface area (Å²) in [6, 6.07) is 28.9. The minimum absolute atomic E-state index is 0.0522. The van der Waals surface area contributed by atoms with Crippen molar-refractivity contribution >= 4 is 28.1 Å². The van der Waals surface area contributed by atoms with Gasteiger partial charge in [0.05, 0.1) is 5.69 Å². The van der Waals surface area contributed by atoms with Crippen LogP contribution in [0.15, 0.2) is 107 Å². The highest BCUT2D eigenvalue weighted by molar-refractivity contribution is 6.08. The molecule has 28 heavy (non-hydrogen) atoms. The first kappa shape index (κ1) is 17.4. The summed E-state index contributed by atoms with van der Waals surface area (Å²) in [6.45, 7) is 0. The molecule has 1 amide bonds. The van der Waals surface area contributed by atoms with Gasteiger partial charge in [0.1, 0.15) is 11.4 Å². The molecule has 136 valence electrons. The molecule has 5 heteroatoms. The fraction of sp³-hybridized carbons (Fsp3) is 0. The molecule has 5 nitrogen and oxygen atoms in total. The Morgan fingerprint density at radius 3 is 2.21 bits per heavy atom. The van der Waals surface area contributed by atoms with E-state index in [1.165, 1.54) is 6.07 Å². The number of fused-ring (bicyclic) bond motifs is 1. The van der Waals surface area contributed by atoms with Gasteiger partial charge in [0.25, 0.3) is 5.91 Å². The molecule has 0 radical (unpaired) electrons. The lowest BCUT2D eigenvalue weighted by Gasteiger charge is -2.17. The highest BCUT2D eigenvalue weighted by Gasteiger charge is 2.21. The molecule has 0 aliphatic heterocycles. The maximum atomic E-state index is 13.2. The van der Waals surface area contributed by atoms with E-state index in [2.05, 4.69) is 10.3 Å². The molecule has 1 N–H and O–H groups in total. The van der Waals surface area contributed by atoms with Gasteiger partial charge in [-0.05, 0) is 47.2 Å². The van der Waals surface area contributed by atoms with Crippen LogP contribution in [0.4, 0.5) is 11.4 Å². The number of hydrogen-bond donors (Lipinski definition) is 1. The maximum absolute atomic E-state index is 13.2. The summed E-state index contributed by atoms with van der Waals surface area (Å²) in [4.78, 5) is 13.2. The van der Waals surface area contributed by atoms with Crippen LogP contribution in [-0.4, -0.2) is 11.0 Å². The number of para-hydroxylation sites is 2. The zero-order chi connectivity index (χ0) is 19.3. The number of nitrogens with zero attached hydrogens (tertiary/aromatic N) is 3. The number of amides is 1. The van der Waals surface area contributed by atoms with Gasteiger partial charge >= 0.3 is 0 Å². The van der Waals surface area contributed by atoms with Gasteiger partial charge in [-0.15, -0.1) is 5.11 Å². The van der Waals surface area contributed by atoms with E-state index in [0.717, 1.165) is 15.8 Å². The summed E-state index contributed by atoms with van der Waals surface area (Å²) >= 11 is 0. The number of phenolic OH excluding ortho intramolecular Hbond substituents is 1. The molecule has 0 saturated heterocycles. The molecular weight excluding hydrogens is 350 g/mol. The van der Waals surface area contributed by atoms with Gasteiger partial charge in [-0.25, -0.2) is 0 Å². The van der Waals surface area contributed by atoms with Crippen molar-refractivity contribution in [3.63, 3.8) is 0 Å². The van der Waals surface area contributed by atoms with E-state index in [-0.39, 0.29) is 17.3 Å². The molecule has 0 atom stereocenters. The highest BCUT2D eigenvalue weighted by atomic mass is 16.3. The molecule has 0 spiro atoms. The third kappa shape index (κ3) is 3.59. The number of carbonyl (C=O) groups excluding carboxylic acids is 1. The Balaban J connectivity index is 1.76. The zero-order valence-corrected chi connectivity index (χ0v) is 14.9. The van der Waals surface area contributed by atoms with Crippen LogP contribution in [0.2, 0.25) is 0 Å². The fourth-order valence-electron chi connectivity index (χ4n) is 2.88. The average molecular weight is 367 g/mol. The summed E-state index contributed by atoms with van der Waals surface area (Å²) in [7, 11) is 0. The van der Waals surface area contributed by atoms with Gasteiger partial charge in [0.15, 0.2) is 0 Å². The zero-order valence-electron chi connectivity index (χ0n) is 14.9. The normalized spacial score (nSPS) is 11.0. The third-order valence-electron chi connectivity index (χ3n) is 4.30. The van der Waals surface area contributed by atoms with Gasteiger partial charge in [-0.3, -0.25) is 4.79 Å².